The Kier molecular flexibility index (Phi) is 4.43. The van der Waals surface area contributed by atoms with Gasteiger partial charge in [-0.05, 0) is 19.2 Å². The van der Waals surface area contributed by atoms with E-state index in [0.29, 0.717) is 36.7 Å². The number of morpholine rings is 1. The molecule has 1 N–H and O–H groups in total. The van der Waals surface area contributed by atoms with Gasteiger partial charge in [0.2, 0.25) is 0 Å². The fraction of sp³-hybridized carbons (Fsp3) is 0.375. The third-order valence-electron chi connectivity index (χ3n) is 4.23. The largest absolute Gasteiger partial charge is 0.360 e. The number of nitrogens with zero attached hydrogens (tertiary/aromatic N) is 6. The normalized spacial score (nSPS) is 18.0. The van der Waals surface area contributed by atoms with Crippen LogP contribution in [0.2, 0.25) is 0 Å². The van der Waals surface area contributed by atoms with Gasteiger partial charge >= 0.3 is 0 Å². The van der Waals surface area contributed by atoms with E-state index in [2.05, 4.69) is 30.3 Å². The molecular weight excluding hydrogens is 344 g/mol. The van der Waals surface area contributed by atoms with Crippen LogP contribution in [-0.2, 0) is 4.74 Å². The number of alkyl halides is 2. The maximum Gasteiger partial charge on any atom is 0.282 e. The SMILES string of the molecule is CNC1CN(c2cc(-c3cnc4ccc(C(F)F)nn34)ncn2)CCO1. The molecule has 1 atom stereocenters. The Morgan fingerprint density at radius 2 is 2.15 bits per heavy atom. The Balaban J connectivity index is 1.70. The van der Waals surface area contributed by atoms with Crippen molar-refractivity contribution in [1.82, 2.24) is 29.9 Å². The molecule has 0 saturated carbocycles. The second kappa shape index (κ2) is 6.89. The first-order valence-electron chi connectivity index (χ1n) is 8.15. The molecule has 1 aliphatic rings. The standard InChI is InChI=1S/C16H17F2N7O/c1-19-15-8-24(4-5-26-15)14-6-11(21-9-22-14)12-7-20-13-3-2-10(16(17)18)23-25(12)13/h2-3,6-7,9,15-16,19H,4-5,8H2,1H3. The van der Waals surface area contributed by atoms with E-state index in [1.807, 2.05) is 7.05 Å². The molecule has 26 heavy (non-hydrogen) atoms. The molecule has 4 rings (SSSR count). The van der Waals surface area contributed by atoms with Crippen LogP contribution >= 0.6 is 0 Å². The predicted octanol–water partition coefficient (Wildman–Crippen LogP) is 1.51. The van der Waals surface area contributed by atoms with Crippen LogP contribution in [0.3, 0.4) is 0 Å². The smallest absolute Gasteiger partial charge is 0.282 e. The van der Waals surface area contributed by atoms with Gasteiger partial charge in [-0.3, -0.25) is 5.32 Å². The predicted molar refractivity (Wildman–Crippen MR) is 90.0 cm³/mol. The summed E-state index contributed by atoms with van der Waals surface area (Å²) in [4.78, 5) is 14.9. The molecule has 0 aromatic carbocycles. The summed E-state index contributed by atoms with van der Waals surface area (Å²) in [5.74, 6) is 0.735. The molecule has 4 heterocycles. The number of likely N-dealkylation sites (N-methyl/N-ethyl adjacent to an activating group) is 1. The van der Waals surface area contributed by atoms with Crippen molar-refractivity contribution in [3.63, 3.8) is 0 Å². The molecular formula is C16H17F2N7O. The molecule has 0 bridgehead atoms. The van der Waals surface area contributed by atoms with E-state index in [-0.39, 0.29) is 11.9 Å². The monoisotopic (exact) mass is 361 g/mol. The van der Waals surface area contributed by atoms with Gasteiger partial charge in [-0.2, -0.15) is 5.10 Å². The van der Waals surface area contributed by atoms with E-state index in [0.717, 1.165) is 5.82 Å². The van der Waals surface area contributed by atoms with Crippen LogP contribution in [-0.4, -0.2) is 57.5 Å². The van der Waals surface area contributed by atoms with Gasteiger partial charge in [-0.25, -0.2) is 28.2 Å². The second-order valence-electron chi connectivity index (χ2n) is 5.83. The fourth-order valence-corrected chi connectivity index (χ4v) is 2.87. The van der Waals surface area contributed by atoms with Crippen molar-refractivity contribution >= 4 is 11.5 Å². The van der Waals surface area contributed by atoms with Crippen LogP contribution in [0, 0.1) is 0 Å². The quantitative estimate of drug-likeness (QED) is 0.754. The highest BCUT2D eigenvalue weighted by Crippen LogP contribution is 2.24. The van der Waals surface area contributed by atoms with Gasteiger partial charge in [0.25, 0.3) is 6.43 Å². The molecule has 136 valence electrons. The topological polar surface area (TPSA) is 80.5 Å². The Morgan fingerprint density at radius 1 is 1.27 bits per heavy atom. The molecule has 1 unspecified atom stereocenters. The maximum absolute atomic E-state index is 13.0. The lowest BCUT2D eigenvalue weighted by molar-refractivity contribution is 0.0231. The number of imidazole rings is 1. The molecule has 3 aromatic heterocycles. The number of nitrogens with one attached hydrogen (secondary N) is 1. The Bertz CT molecular complexity index is 917. The van der Waals surface area contributed by atoms with E-state index in [4.69, 9.17) is 4.74 Å². The number of ether oxygens (including phenoxy) is 1. The zero-order valence-corrected chi connectivity index (χ0v) is 14.0. The summed E-state index contributed by atoms with van der Waals surface area (Å²) in [7, 11) is 1.84. The van der Waals surface area contributed by atoms with E-state index in [1.54, 1.807) is 12.3 Å². The minimum atomic E-state index is -2.65. The zero-order valence-electron chi connectivity index (χ0n) is 14.0. The molecule has 0 amide bonds. The van der Waals surface area contributed by atoms with Crippen LogP contribution in [0.1, 0.15) is 12.1 Å². The summed E-state index contributed by atoms with van der Waals surface area (Å²) in [5.41, 5.74) is 1.26. The highest BCUT2D eigenvalue weighted by Gasteiger charge is 2.21. The highest BCUT2D eigenvalue weighted by molar-refractivity contribution is 5.62. The van der Waals surface area contributed by atoms with E-state index >= 15 is 0 Å². The van der Waals surface area contributed by atoms with Gasteiger partial charge in [0.05, 0.1) is 25.0 Å². The first-order chi connectivity index (χ1) is 12.7. The zero-order chi connectivity index (χ0) is 18.1. The number of hydrogen-bond donors (Lipinski definition) is 1. The van der Waals surface area contributed by atoms with Gasteiger partial charge in [0, 0.05) is 12.6 Å². The van der Waals surface area contributed by atoms with Gasteiger partial charge in [0.15, 0.2) is 5.65 Å². The van der Waals surface area contributed by atoms with Gasteiger partial charge in [-0.1, -0.05) is 0 Å². The lowest BCUT2D eigenvalue weighted by Crippen LogP contribution is -2.48. The van der Waals surface area contributed by atoms with Crippen molar-refractivity contribution in [2.75, 3.05) is 31.6 Å². The maximum atomic E-state index is 13.0. The molecule has 10 heteroatoms. The van der Waals surface area contributed by atoms with Crippen molar-refractivity contribution in [3.8, 4) is 11.4 Å². The lowest BCUT2D eigenvalue weighted by Gasteiger charge is -2.33. The first kappa shape index (κ1) is 16.7. The molecule has 1 fully saturated rings. The average Bonchev–Trinajstić information content (AvgIpc) is 3.11. The van der Waals surface area contributed by atoms with Crippen LogP contribution in [0.25, 0.3) is 17.0 Å². The van der Waals surface area contributed by atoms with E-state index < -0.39 is 6.43 Å². The fourth-order valence-electron chi connectivity index (χ4n) is 2.87. The van der Waals surface area contributed by atoms with Crippen molar-refractivity contribution in [2.24, 2.45) is 0 Å². The van der Waals surface area contributed by atoms with Crippen molar-refractivity contribution in [2.45, 2.75) is 12.7 Å². The van der Waals surface area contributed by atoms with Crippen LogP contribution in [0.5, 0.6) is 0 Å². The van der Waals surface area contributed by atoms with Gasteiger partial charge in [-0.15, -0.1) is 0 Å². The van der Waals surface area contributed by atoms with Crippen LogP contribution in [0.4, 0.5) is 14.6 Å². The summed E-state index contributed by atoms with van der Waals surface area (Å²) in [6.07, 6.45) is 0.292. The van der Waals surface area contributed by atoms with E-state index in [1.165, 1.54) is 23.0 Å². The number of fused-ring (bicyclic) bond motifs is 1. The van der Waals surface area contributed by atoms with Gasteiger partial charge in [0.1, 0.15) is 29.8 Å². The Hall–Kier alpha value is -2.72. The number of halogens is 2. The molecule has 1 aliphatic heterocycles. The van der Waals surface area contributed by atoms with Crippen molar-refractivity contribution in [3.05, 3.63) is 36.4 Å². The minimum absolute atomic E-state index is 0.0757. The Labute approximate surface area is 147 Å². The summed E-state index contributed by atoms with van der Waals surface area (Å²) >= 11 is 0. The molecule has 0 aliphatic carbocycles. The molecule has 1 saturated heterocycles. The lowest BCUT2D eigenvalue weighted by atomic mass is 10.3. The molecule has 0 radical (unpaired) electrons. The summed E-state index contributed by atoms with van der Waals surface area (Å²) < 4.78 is 32.9. The number of rotatable bonds is 4. The minimum Gasteiger partial charge on any atom is -0.360 e. The summed E-state index contributed by atoms with van der Waals surface area (Å²) in [6.45, 7) is 1.93. The average molecular weight is 361 g/mol. The van der Waals surface area contributed by atoms with Crippen molar-refractivity contribution < 1.29 is 13.5 Å². The van der Waals surface area contributed by atoms with Crippen LogP contribution < -0.4 is 10.2 Å². The third kappa shape index (κ3) is 3.08. The second-order valence-corrected chi connectivity index (χ2v) is 5.83. The number of hydrogen-bond acceptors (Lipinski definition) is 7. The van der Waals surface area contributed by atoms with E-state index in [9.17, 15) is 8.78 Å². The first-order valence-corrected chi connectivity index (χ1v) is 8.15. The third-order valence-corrected chi connectivity index (χ3v) is 4.23. The van der Waals surface area contributed by atoms with Crippen molar-refractivity contribution in [1.29, 1.82) is 0 Å². The number of anilines is 1. The molecule has 3 aromatic rings. The summed E-state index contributed by atoms with van der Waals surface area (Å²) in [5, 5.41) is 7.06. The highest BCUT2D eigenvalue weighted by atomic mass is 19.3. The Morgan fingerprint density at radius 3 is 2.96 bits per heavy atom. The summed E-state index contributed by atoms with van der Waals surface area (Å²) in [6, 6.07) is 4.59. The number of aromatic nitrogens is 5. The molecule has 8 nitrogen and oxygen atoms in total. The van der Waals surface area contributed by atoms with Crippen LogP contribution in [0.15, 0.2) is 30.7 Å². The molecule has 0 spiro atoms. The van der Waals surface area contributed by atoms with Gasteiger partial charge < -0.3 is 9.64 Å².